The van der Waals surface area contributed by atoms with Crippen LogP contribution in [0.3, 0.4) is 0 Å². The van der Waals surface area contributed by atoms with Crippen LogP contribution in [-0.2, 0) is 14.4 Å². The van der Waals surface area contributed by atoms with Crippen LogP contribution in [0, 0.1) is 11.8 Å². The van der Waals surface area contributed by atoms with Gasteiger partial charge in [0.2, 0.25) is 5.91 Å². The lowest BCUT2D eigenvalue weighted by molar-refractivity contribution is -0.140. The monoisotopic (exact) mass is 202 g/mol. The molecule has 1 fully saturated rings. The maximum atomic E-state index is 11.4. The van der Waals surface area contributed by atoms with Gasteiger partial charge in [-0.1, -0.05) is 6.92 Å². The Bertz CT molecular complexity index is 183. The van der Waals surface area contributed by atoms with Crippen molar-refractivity contribution in [3.8, 4) is 0 Å². The first-order valence-corrected chi connectivity index (χ1v) is 4.87. The lowest BCUT2D eigenvalue weighted by Crippen LogP contribution is -2.49. The van der Waals surface area contributed by atoms with E-state index in [9.17, 15) is 4.79 Å². The summed E-state index contributed by atoms with van der Waals surface area (Å²) in [6.07, 6.45) is 0. The van der Waals surface area contributed by atoms with Crippen LogP contribution in [0.15, 0.2) is 0 Å². The van der Waals surface area contributed by atoms with Crippen molar-refractivity contribution in [3.63, 3.8) is 0 Å². The van der Waals surface area contributed by atoms with Gasteiger partial charge in [0.1, 0.15) is 0 Å². The van der Waals surface area contributed by atoms with Crippen molar-refractivity contribution in [3.05, 3.63) is 0 Å². The van der Waals surface area contributed by atoms with Crippen molar-refractivity contribution in [2.75, 3.05) is 33.4 Å². The Morgan fingerprint density at radius 1 is 1.57 bits per heavy atom. The van der Waals surface area contributed by atoms with E-state index < -0.39 is 0 Å². The highest BCUT2D eigenvalue weighted by molar-refractivity contribution is 5.77. The van der Waals surface area contributed by atoms with Gasteiger partial charge < -0.3 is 10.1 Å². The van der Waals surface area contributed by atoms with Crippen molar-refractivity contribution in [2.45, 2.75) is 6.92 Å². The Morgan fingerprint density at radius 3 is 2.79 bits per heavy atom. The molecule has 5 heteroatoms. The molecule has 0 aromatic rings. The van der Waals surface area contributed by atoms with Gasteiger partial charge >= 0.3 is 0 Å². The third-order valence-electron chi connectivity index (χ3n) is 2.50. The minimum atomic E-state index is -0.0485. The molecule has 0 aromatic heterocycles. The number of hydroxylamine groups is 1. The molecule has 82 valence electrons. The molecule has 1 atom stereocenters. The van der Waals surface area contributed by atoms with E-state index in [-0.39, 0.29) is 11.8 Å². The second kappa shape index (κ2) is 5.95. The molecule has 1 heterocycles. The highest BCUT2D eigenvalue weighted by atomic mass is 16.7. The maximum absolute atomic E-state index is 11.4. The van der Waals surface area contributed by atoms with E-state index in [0.717, 1.165) is 13.1 Å². The number of rotatable bonds is 6. The number of carbonyl (C=O) groups is 1. The predicted molar refractivity (Wildman–Crippen MR) is 51.5 cm³/mol. The molecular weight excluding hydrogens is 184 g/mol. The van der Waals surface area contributed by atoms with Gasteiger partial charge in [-0.2, -0.15) is 0 Å². The van der Waals surface area contributed by atoms with E-state index in [2.05, 4.69) is 10.8 Å². The second-order valence-electron chi connectivity index (χ2n) is 3.51. The van der Waals surface area contributed by atoms with Crippen molar-refractivity contribution in [2.24, 2.45) is 11.8 Å². The maximum Gasteiger partial charge on any atom is 0.246 e. The standard InChI is InChI=1S/C9H18N2O3/c1-7(8-5-10-6-8)9(12)11-14-4-3-13-2/h7-8,10H,3-6H2,1-2H3,(H,11,12). The molecule has 1 aliphatic rings. The first-order valence-electron chi connectivity index (χ1n) is 4.87. The quantitative estimate of drug-likeness (QED) is 0.452. The number of hydrogen-bond donors (Lipinski definition) is 2. The molecule has 0 saturated carbocycles. The van der Waals surface area contributed by atoms with Crippen molar-refractivity contribution < 1.29 is 14.4 Å². The zero-order valence-electron chi connectivity index (χ0n) is 8.71. The first-order chi connectivity index (χ1) is 6.75. The van der Waals surface area contributed by atoms with Crippen LogP contribution >= 0.6 is 0 Å². The van der Waals surface area contributed by atoms with E-state index >= 15 is 0 Å². The lowest BCUT2D eigenvalue weighted by Gasteiger charge is -2.31. The largest absolute Gasteiger partial charge is 0.382 e. The van der Waals surface area contributed by atoms with Gasteiger partial charge in [-0.3, -0.25) is 9.63 Å². The van der Waals surface area contributed by atoms with Crippen molar-refractivity contribution >= 4 is 5.91 Å². The summed E-state index contributed by atoms with van der Waals surface area (Å²) < 4.78 is 4.78. The molecule has 1 aliphatic heterocycles. The Morgan fingerprint density at radius 2 is 2.29 bits per heavy atom. The van der Waals surface area contributed by atoms with Gasteiger partial charge in [-0.15, -0.1) is 0 Å². The minimum Gasteiger partial charge on any atom is -0.382 e. The first kappa shape index (κ1) is 11.4. The van der Waals surface area contributed by atoms with Crippen LogP contribution in [0.5, 0.6) is 0 Å². The van der Waals surface area contributed by atoms with Crippen LogP contribution in [-0.4, -0.2) is 39.3 Å². The zero-order valence-corrected chi connectivity index (χ0v) is 8.71. The van der Waals surface area contributed by atoms with E-state index in [1.807, 2.05) is 6.92 Å². The average molecular weight is 202 g/mol. The Hall–Kier alpha value is -0.650. The number of hydrogen-bond acceptors (Lipinski definition) is 4. The summed E-state index contributed by atoms with van der Waals surface area (Å²) in [6, 6.07) is 0. The molecule has 14 heavy (non-hydrogen) atoms. The fourth-order valence-corrected chi connectivity index (χ4v) is 1.22. The van der Waals surface area contributed by atoms with Crippen molar-refractivity contribution in [1.82, 2.24) is 10.8 Å². The Balaban J connectivity index is 2.07. The summed E-state index contributed by atoms with van der Waals surface area (Å²) >= 11 is 0. The Kier molecular flexibility index (Phi) is 4.86. The third kappa shape index (κ3) is 3.25. The third-order valence-corrected chi connectivity index (χ3v) is 2.50. The van der Waals surface area contributed by atoms with Crippen LogP contribution in [0.1, 0.15) is 6.92 Å². The number of nitrogens with one attached hydrogen (secondary N) is 2. The van der Waals surface area contributed by atoms with Gasteiger partial charge in [0.15, 0.2) is 0 Å². The molecule has 0 spiro atoms. The van der Waals surface area contributed by atoms with E-state index in [1.54, 1.807) is 7.11 Å². The van der Waals surface area contributed by atoms with Gasteiger partial charge in [0.25, 0.3) is 0 Å². The number of carbonyl (C=O) groups excluding carboxylic acids is 1. The zero-order chi connectivity index (χ0) is 10.4. The smallest absolute Gasteiger partial charge is 0.246 e. The summed E-state index contributed by atoms with van der Waals surface area (Å²) in [5, 5.41) is 3.13. The van der Waals surface area contributed by atoms with Crippen molar-refractivity contribution in [1.29, 1.82) is 0 Å². The molecular formula is C9H18N2O3. The molecule has 2 N–H and O–H groups in total. The molecule has 1 unspecified atom stereocenters. The van der Waals surface area contributed by atoms with E-state index in [0.29, 0.717) is 19.1 Å². The Labute approximate surface area is 84.1 Å². The number of methoxy groups -OCH3 is 1. The summed E-state index contributed by atoms with van der Waals surface area (Å²) in [5.74, 6) is 0.410. The molecule has 0 bridgehead atoms. The number of amides is 1. The molecule has 0 aliphatic carbocycles. The van der Waals surface area contributed by atoms with E-state index in [1.165, 1.54) is 0 Å². The molecule has 0 aromatic carbocycles. The number of ether oxygens (including phenoxy) is 1. The van der Waals surface area contributed by atoms with Crippen LogP contribution in [0.25, 0.3) is 0 Å². The fraction of sp³-hybridized carbons (Fsp3) is 0.889. The molecule has 1 amide bonds. The van der Waals surface area contributed by atoms with Crippen LogP contribution < -0.4 is 10.8 Å². The summed E-state index contributed by atoms with van der Waals surface area (Å²) in [6.45, 7) is 4.64. The SMILES string of the molecule is COCCONC(=O)C(C)C1CNC1. The topological polar surface area (TPSA) is 59.6 Å². The predicted octanol–water partition coefficient (Wildman–Crippen LogP) is -0.464. The lowest BCUT2D eigenvalue weighted by atomic mass is 9.88. The van der Waals surface area contributed by atoms with Gasteiger partial charge in [-0.05, 0) is 19.0 Å². The summed E-state index contributed by atoms with van der Waals surface area (Å²) in [5.41, 5.74) is 2.42. The highest BCUT2D eigenvalue weighted by Crippen LogP contribution is 2.15. The molecule has 1 rings (SSSR count). The van der Waals surface area contributed by atoms with Crippen LogP contribution in [0.4, 0.5) is 0 Å². The van der Waals surface area contributed by atoms with Gasteiger partial charge in [0.05, 0.1) is 13.2 Å². The summed E-state index contributed by atoms with van der Waals surface area (Å²) in [4.78, 5) is 16.4. The molecule has 0 radical (unpaired) electrons. The van der Waals surface area contributed by atoms with Crippen LogP contribution in [0.2, 0.25) is 0 Å². The van der Waals surface area contributed by atoms with Gasteiger partial charge in [-0.25, -0.2) is 5.48 Å². The normalized spacial score (nSPS) is 18.7. The average Bonchev–Trinajstić information content (AvgIpc) is 2.09. The molecule has 5 nitrogen and oxygen atoms in total. The second-order valence-corrected chi connectivity index (χ2v) is 3.51. The summed E-state index contributed by atoms with van der Waals surface area (Å²) in [7, 11) is 1.59. The van der Waals surface area contributed by atoms with E-state index in [4.69, 9.17) is 9.57 Å². The molecule has 1 saturated heterocycles. The minimum absolute atomic E-state index is 0.0128. The van der Waals surface area contributed by atoms with Gasteiger partial charge in [0, 0.05) is 13.0 Å². The fourth-order valence-electron chi connectivity index (χ4n) is 1.22. The highest BCUT2D eigenvalue weighted by Gasteiger charge is 2.28.